The molecule has 2 rings (SSSR count). The minimum atomic E-state index is -0.580. The molecule has 0 radical (unpaired) electrons. The Bertz CT molecular complexity index is 774. The summed E-state index contributed by atoms with van der Waals surface area (Å²) in [5, 5.41) is 19.0. The van der Waals surface area contributed by atoms with Crippen LogP contribution in [0.15, 0.2) is 0 Å². The van der Waals surface area contributed by atoms with Crippen LogP contribution in [0.25, 0.3) is 0 Å². The SMILES string of the molecule is CC[C@@H](C#N)NC(=O)[C@@H]1[C@@H]2[C@H](CN1C(=O)[C@@H](NC(=S)NC(C)(C)C)C(C)(C)C)C2(C)C. The Kier molecular flexibility index (Phi) is 7.02. The number of nitrogens with one attached hydrogen (secondary N) is 3. The van der Waals surface area contributed by atoms with Gasteiger partial charge in [-0.05, 0) is 62.1 Å². The number of hydrogen-bond donors (Lipinski definition) is 3. The van der Waals surface area contributed by atoms with Crippen molar-refractivity contribution in [3.05, 3.63) is 0 Å². The van der Waals surface area contributed by atoms with Gasteiger partial charge in [-0.15, -0.1) is 0 Å². The first-order valence-electron chi connectivity index (χ1n) is 11.1. The van der Waals surface area contributed by atoms with Crippen LogP contribution >= 0.6 is 12.2 Å². The summed E-state index contributed by atoms with van der Waals surface area (Å²) < 4.78 is 0. The van der Waals surface area contributed by atoms with Gasteiger partial charge in [0.15, 0.2) is 5.11 Å². The Morgan fingerprint density at radius 1 is 1.19 bits per heavy atom. The van der Waals surface area contributed by atoms with Gasteiger partial charge in [0.1, 0.15) is 18.1 Å². The predicted molar refractivity (Wildman–Crippen MR) is 126 cm³/mol. The van der Waals surface area contributed by atoms with Gasteiger partial charge in [-0.25, -0.2) is 0 Å². The third-order valence-electron chi connectivity index (χ3n) is 6.52. The zero-order valence-electron chi connectivity index (χ0n) is 20.4. The molecule has 0 spiro atoms. The van der Waals surface area contributed by atoms with E-state index in [1.807, 2.05) is 48.5 Å². The number of nitrogens with zero attached hydrogens (tertiary/aromatic N) is 2. The number of piperidine rings is 1. The first kappa shape index (κ1) is 25.4. The summed E-state index contributed by atoms with van der Waals surface area (Å²) in [5.41, 5.74) is -0.632. The van der Waals surface area contributed by atoms with Crippen LogP contribution in [0.5, 0.6) is 0 Å². The van der Waals surface area contributed by atoms with E-state index in [0.29, 0.717) is 18.1 Å². The highest BCUT2D eigenvalue weighted by molar-refractivity contribution is 7.80. The Hall–Kier alpha value is -1.88. The van der Waals surface area contributed by atoms with Crippen molar-refractivity contribution in [2.75, 3.05) is 6.54 Å². The average molecular weight is 450 g/mol. The fourth-order valence-corrected chi connectivity index (χ4v) is 5.04. The number of hydrogen-bond acceptors (Lipinski definition) is 4. The van der Waals surface area contributed by atoms with Crippen molar-refractivity contribution >= 4 is 29.1 Å². The van der Waals surface area contributed by atoms with E-state index in [1.165, 1.54) is 0 Å². The van der Waals surface area contributed by atoms with Crippen LogP contribution in [0.3, 0.4) is 0 Å². The third-order valence-corrected chi connectivity index (χ3v) is 6.74. The van der Waals surface area contributed by atoms with E-state index in [1.54, 1.807) is 4.90 Å². The largest absolute Gasteiger partial charge is 0.358 e. The number of amides is 2. The molecule has 0 aromatic carbocycles. The van der Waals surface area contributed by atoms with Crippen molar-refractivity contribution in [3.8, 4) is 6.07 Å². The standard InChI is InChI=1S/C23H39N5O2S/c1-10-13(11-24)25-18(29)16-15-14(23(15,8)9)12-28(16)19(30)17(21(2,3)4)26-20(31)27-22(5,6)7/h13-17H,10,12H2,1-9H3,(H,25,29)(H2,26,27,31)/t13-,14-,15-,16-,17+/m0/s1. The van der Waals surface area contributed by atoms with Crippen molar-refractivity contribution < 1.29 is 9.59 Å². The normalized spacial score (nSPS) is 26.2. The van der Waals surface area contributed by atoms with E-state index >= 15 is 0 Å². The predicted octanol–water partition coefficient (Wildman–Crippen LogP) is 2.57. The summed E-state index contributed by atoms with van der Waals surface area (Å²) in [5.74, 6) is 0.0316. The van der Waals surface area contributed by atoms with Gasteiger partial charge in [0.05, 0.1) is 6.07 Å². The summed E-state index contributed by atoms with van der Waals surface area (Å²) >= 11 is 5.47. The fraction of sp³-hybridized carbons (Fsp3) is 0.826. The summed E-state index contributed by atoms with van der Waals surface area (Å²) in [7, 11) is 0. The molecule has 3 N–H and O–H groups in total. The molecule has 0 unspecified atom stereocenters. The first-order chi connectivity index (χ1) is 14.0. The van der Waals surface area contributed by atoms with E-state index in [2.05, 4.69) is 35.9 Å². The van der Waals surface area contributed by atoms with Crippen molar-refractivity contribution in [3.63, 3.8) is 0 Å². The molecule has 2 amide bonds. The highest BCUT2D eigenvalue weighted by atomic mass is 32.1. The molecular formula is C23H39N5O2S. The van der Waals surface area contributed by atoms with Crippen LogP contribution in [0.4, 0.5) is 0 Å². The molecular weight excluding hydrogens is 410 g/mol. The minimum Gasteiger partial charge on any atom is -0.358 e. The summed E-state index contributed by atoms with van der Waals surface area (Å²) in [6, 6.07) is 0.426. The van der Waals surface area contributed by atoms with E-state index in [4.69, 9.17) is 12.2 Å². The van der Waals surface area contributed by atoms with Crippen LogP contribution in [0.1, 0.15) is 68.7 Å². The van der Waals surface area contributed by atoms with E-state index in [0.717, 1.165) is 0 Å². The number of fused-ring (bicyclic) bond motifs is 1. The third kappa shape index (κ3) is 5.49. The van der Waals surface area contributed by atoms with Crippen LogP contribution in [-0.2, 0) is 9.59 Å². The van der Waals surface area contributed by atoms with Crippen LogP contribution < -0.4 is 16.0 Å². The highest BCUT2D eigenvalue weighted by Crippen LogP contribution is 2.65. The Balaban J connectivity index is 2.27. The van der Waals surface area contributed by atoms with Gasteiger partial charge in [-0.2, -0.15) is 5.26 Å². The maximum Gasteiger partial charge on any atom is 0.246 e. The Labute approximate surface area is 192 Å². The van der Waals surface area contributed by atoms with Crippen LogP contribution in [0, 0.1) is 34.0 Å². The topological polar surface area (TPSA) is 97.3 Å². The number of nitriles is 1. The number of carbonyl (C=O) groups excluding carboxylic acids is 2. The molecule has 0 aromatic heterocycles. The molecule has 7 nitrogen and oxygen atoms in total. The molecule has 0 bridgehead atoms. The molecule has 1 saturated carbocycles. The lowest BCUT2D eigenvalue weighted by Crippen LogP contribution is -2.61. The van der Waals surface area contributed by atoms with Gasteiger partial charge < -0.3 is 20.9 Å². The molecule has 1 aliphatic carbocycles. The molecule has 0 aromatic rings. The smallest absolute Gasteiger partial charge is 0.246 e. The fourth-order valence-electron chi connectivity index (χ4n) is 4.62. The highest BCUT2D eigenvalue weighted by Gasteiger charge is 2.69. The molecule has 1 heterocycles. The second-order valence-electron chi connectivity index (χ2n) is 11.6. The molecule has 31 heavy (non-hydrogen) atoms. The number of likely N-dealkylation sites (tertiary alicyclic amines) is 1. The maximum atomic E-state index is 13.7. The van der Waals surface area contributed by atoms with E-state index in [-0.39, 0.29) is 34.6 Å². The van der Waals surface area contributed by atoms with Crippen molar-refractivity contribution in [2.24, 2.45) is 22.7 Å². The zero-order chi connectivity index (χ0) is 23.9. The maximum absolute atomic E-state index is 13.7. The minimum absolute atomic E-state index is 0.0148. The number of carbonyl (C=O) groups is 2. The quantitative estimate of drug-likeness (QED) is 0.558. The second-order valence-corrected chi connectivity index (χ2v) is 12.0. The van der Waals surface area contributed by atoms with Crippen molar-refractivity contribution in [1.82, 2.24) is 20.9 Å². The first-order valence-corrected chi connectivity index (χ1v) is 11.5. The second kappa shape index (κ2) is 8.57. The Morgan fingerprint density at radius 2 is 1.77 bits per heavy atom. The van der Waals surface area contributed by atoms with Gasteiger partial charge in [0.25, 0.3) is 0 Å². The lowest BCUT2D eigenvalue weighted by atomic mass is 9.85. The molecule has 1 aliphatic heterocycles. The van der Waals surface area contributed by atoms with Gasteiger partial charge in [0.2, 0.25) is 11.8 Å². The molecule has 1 saturated heterocycles. The summed E-state index contributed by atoms with van der Waals surface area (Å²) in [6.07, 6.45) is 0.527. The lowest BCUT2D eigenvalue weighted by molar-refractivity contribution is -0.143. The van der Waals surface area contributed by atoms with Crippen LogP contribution in [0.2, 0.25) is 0 Å². The van der Waals surface area contributed by atoms with E-state index in [9.17, 15) is 14.9 Å². The van der Waals surface area contributed by atoms with Crippen molar-refractivity contribution in [1.29, 1.82) is 5.26 Å². The zero-order valence-corrected chi connectivity index (χ0v) is 21.2. The average Bonchev–Trinajstić information content (AvgIpc) is 2.97. The van der Waals surface area contributed by atoms with Crippen LogP contribution in [-0.4, -0.2) is 52.0 Å². The molecule has 8 heteroatoms. The molecule has 2 fully saturated rings. The number of thiocarbonyl (C=S) groups is 1. The van der Waals surface area contributed by atoms with Gasteiger partial charge >= 0.3 is 0 Å². The monoisotopic (exact) mass is 449 g/mol. The lowest BCUT2D eigenvalue weighted by Gasteiger charge is -2.38. The van der Waals surface area contributed by atoms with Gasteiger partial charge in [0, 0.05) is 12.1 Å². The molecule has 2 aliphatic rings. The molecule has 5 atom stereocenters. The summed E-state index contributed by atoms with van der Waals surface area (Å²) in [6.45, 7) is 18.7. The van der Waals surface area contributed by atoms with Crippen molar-refractivity contribution in [2.45, 2.75) is 92.4 Å². The molecule has 174 valence electrons. The van der Waals surface area contributed by atoms with Gasteiger partial charge in [-0.1, -0.05) is 41.5 Å². The van der Waals surface area contributed by atoms with E-state index < -0.39 is 23.5 Å². The summed E-state index contributed by atoms with van der Waals surface area (Å²) in [4.78, 5) is 28.6. The number of rotatable bonds is 5. The van der Waals surface area contributed by atoms with Gasteiger partial charge in [-0.3, -0.25) is 9.59 Å². The Morgan fingerprint density at radius 3 is 2.23 bits per heavy atom.